The molecule has 3 fully saturated rings. The van der Waals surface area contributed by atoms with Crippen molar-refractivity contribution in [3.05, 3.63) is 35.9 Å². The van der Waals surface area contributed by atoms with Gasteiger partial charge in [0.1, 0.15) is 18.3 Å². The van der Waals surface area contributed by atoms with Gasteiger partial charge < -0.3 is 28.4 Å². The number of benzene rings is 1. The van der Waals surface area contributed by atoms with Gasteiger partial charge in [0.15, 0.2) is 11.6 Å². The van der Waals surface area contributed by atoms with Crippen molar-refractivity contribution in [2.24, 2.45) is 5.92 Å². The zero-order valence-corrected chi connectivity index (χ0v) is 18.3. The first-order chi connectivity index (χ1) is 14.2. The van der Waals surface area contributed by atoms with Crippen LogP contribution in [0, 0.1) is 5.92 Å². The second kappa shape index (κ2) is 8.20. The fraction of sp³-hybridized carbons (Fsp3) is 0.696. The van der Waals surface area contributed by atoms with Crippen LogP contribution in [0.4, 0.5) is 0 Å². The molecular formula is C23H32O7. The normalized spacial score (nSPS) is 37.4. The molecular weight excluding hydrogens is 388 g/mol. The second-order valence-corrected chi connectivity index (χ2v) is 9.03. The number of ether oxygens (including phenoxy) is 6. The molecule has 0 amide bonds. The van der Waals surface area contributed by atoms with Crippen molar-refractivity contribution in [2.45, 2.75) is 83.1 Å². The van der Waals surface area contributed by atoms with Crippen molar-refractivity contribution in [1.82, 2.24) is 0 Å². The van der Waals surface area contributed by atoms with Gasteiger partial charge in [-0.2, -0.15) is 0 Å². The van der Waals surface area contributed by atoms with Crippen LogP contribution in [0.2, 0.25) is 0 Å². The minimum atomic E-state index is -0.773. The molecule has 6 atom stereocenters. The highest BCUT2D eigenvalue weighted by atomic mass is 16.8. The lowest BCUT2D eigenvalue weighted by Crippen LogP contribution is -2.45. The van der Waals surface area contributed by atoms with Crippen LogP contribution >= 0.6 is 0 Å². The summed E-state index contributed by atoms with van der Waals surface area (Å²) in [6.45, 7) is 10.0. The largest absolute Gasteiger partial charge is 0.466 e. The van der Waals surface area contributed by atoms with Gasteiger partial charge in [-0.05, 0) is 46.6 Å². The fourth-order valence-corrected chi connectivity index (χ4v) is 4.64. The molecule has 0 aliphatic carbocycles. The summed E-state index contributed by atoms with van der Waals surface area (Å²) in [6, 6.07) is 9.76. The molecule has 30 heavy (non-hydrogen) atoms. The van der Waals surface area contributed by atoms with E-state index in [1.807, 2.05) is 65.0 Å². The SMILES string of the molecule is CCOC(=O)[C@@H]1C[C@H]2OC(C)(C)O[C@H]2[C@@H]([C@H]2COC(C)(C)O2)O[C@@H]1c1ccccc1. The Labute approximate surface area is 177 Å². The van der Waals surface area contributed by atoms with Crippen molar-refractivity contribution >= 4 is 5.97 Å². The van der Waals surface area contributed by atoms with E-state index in [-0.39, 0.29) is 24.3 Å². The van der Waals surface area contributed by atoms with Gasteiger partial charge in [-0.1, -0.05) is 30.3 Å². The van der Waals surface area contributed by atoms with E-state index in [0.717, 1.165) is 5.56 Å². The molecule has 0 aromatic heterocycles. The van der Waals surface area contributed by atoms with Crippen LogP contribution in [-0.4, -0.2) is 55.2 Å². The standard InChI is InChI=1S/C23H32O7/c1-6-25-21(24)15-12-16-20(30-23(4,5)28-16)19(17-13-26-22(2,3)29-17)27-18(15)14-10-8-7-9-11-14/h7-11,15-20H,6,12-13H2,1-5H3/t15-,16-,17-,18-,19-,20-/m1/s1. The lowest BCUT2D eigenvalue weighted by molar-refractivity contribution is -0.205. The molecule has 0 unspecified atom stereocenters. The van der Waals surface area contributed by atoms with E-state index in [4.69, 9.17) is 28.4 Å². The average molecular weight is 421 g/mol. The number of carbonyl (C=O) groups is 1. The first kappa shape index (κ1) is 21.7. The maximum absolute atomic E-state index is 13.0. The van der Waals surface area contributed by atoms with E-state index < -0.39 is 29.7 Å². The maximum Gasteiger partial charge on any atom is 0.312 e. The van der Waals surface area contributed by atoms with Gasteiger partial charge in [0, 0.05) is 0 Å². The smallest absolute Gasteiger partial charge is 0.312 e. The van der Waals surface area contributed by atoms with Gasteiger partial charge in [-0.3, -0.25) is 4.79 Å². The summed E-state index contributed by atoms with van der Waals surface area (Å²) < 4.78 is 36.5. The Kier molecular flexibility index (Phi) is 5.94. The molecule has 0 N–H and O–H groups in total. The molecule has 166 valence electrons. The van der Waals surface area contributed by atoms with Crippen LogP contribution in [-0.2, 0) is 33.2 Å². The van der Waals surface area contributed by atoms with Gasteiger partial charge in [-0.25, -0.2) is 0 Å². The Morgan fingerprint density at radius 2 is 1.70 bits per heavy atom. The molecule has 0 bridgehead atoms. The number of rotatable bonds is 4. The monoisotopic (exact) mass is 420 g/mol. The zero-order valence-electron chi connectivity index (χ0n) is 18.3. The van der Waals surface area contributed by atoms with E-state index in [2.05, 4.69) is 0 Å². The quantitative estimate of drug-likeness (QED) is 0.692. The molecule has 0 saturated carbocycles. The fourth-order valence-electron chi connectivity index (χ4n) is 4.64. The maximum atomic E-state index is 13.0. The lowest BCUT2D eigenvalue weighted by Gasteiger charge is -2.32. The van der Waals surface area contributed by atoms with Crippen molar-refractivity contribution in [3.8, 4) is 0 Å². The third-order valence-corrected chi connectivity index (χ3v) is 5.82. The summed E-state index contributed by atoms with van der Waals surface area (Å²) in [5.41, 5.74) is 0.915. The average Bonchev–Trinajstić information content (AvgIpc) is 3.15. The number of esters is 1. The first-order valence-corrected chi connectivity index (χ1v) is 10.7. The molecule has 1 aromatic carbocycles. The molecule has 3 heterocycles. The Hall–Kier alpha value is -1.51. The first-order valence-electron chi connectivity index (χ1n) is 10.7. The topological polar surface area (TPSA) is 72.5 Å². The van der Waals surface area contributed by atoms with Crippen LogP contribution in [0.25, 0.3) is 0 Å². The molecule has 4 rings (SSSR count). The van der Waals surface area contributed by atoms with Crippen LogP contribution in [0.5, 0.6) is 0 Å². The lowest BCUT2D eigenvalue weighted by atomic mass is 9.90. The van der Waals surface area contributed by atoms with Gasteiger partial charge >= 0.3 is 5.97 Å². The van der Waals surface area contributed by atoms with E-state index in [9.17, 15) is 4.79 Å². The van der Waals surface area contributed by atoms with E-state index in [1.165, 1.54) is 0 Å². The van der Waals surface area contributed by atoms with E-state index in [1.54, 1.807) is 0 Å². The third kappa shape index (κ3) is 4.41. The summed E-state index contributed by atoms with van der Waals surface area (Å²) >= 11 is 0. The molecule has 3 aliphatic rings. The third-order valence-electron chi connectivity index (χ3n) is 5.82. The van der Waals surface area contributed by atoms with Crippen molar-refractivity contribution in [2.75, 3.05) is 13.2 Å². The Balaban J connectivity index is 1.71. The summed E-state index contributed by atoms with van der Waals surface area (Å²) in [7, 11) is 0. The molecule has 7 heteroatoms. The molecule has 7 nitrogen and oxygen atoms in total. The minimum absolute atomic E-state index is 0.289. The predicted molar refractivity (Wildman–Crippen MR) is 108 cm³/mol. The number of hydrogen-bond donors (Lipinski definition) is 0. The van der Waals surface area contributed by atoms with Gasteiger partial charge in [0.05, 0.1) is 31.3 Å². The molecule has 0 spiro atoms. The summed E-state index contributed by atoms with van der Waals surface area (Å²) in [5.74, 6) is -2.28. The Morgan fingerprint density at radius 1 is 1.00 bits per heavy atom. The highest BCUT2D eigenvalue weighted by Crippen LogP contribution is 2.45. The molecule has 0 radical (unpaired) electrons. The molecule has 3 aliphatic heterocycles. The van der Waals surface area contributed by atoms with Gasteiger partial charge in [0.25, 0.3) is 0 Å². The van der Waals surface area contributed by atoms with Crippen LogP contribution in [0.1, 0.15) is 52.7 Å². The molecule has 1 aromatic rings. The van der Waals surface area contributed by atoms with Gasteiger partial charge in [-0.15, -0.1) is 0 Å². The number of hydrogen-bond acceptors (Lipinski definition) is 7. The Bertz CT molecular complexity index is 747. The highest BCUT2D eigenvalue weighted by Gasteiger charge is 2.55. The summed E-state index contributed by atoms with van der Waals surface area (Å²) in [4.78, 5) is 13.0. The summed E-state index contributed by atoms with van der Waals surface area (Å²) in [5, 5.41) is 0. The second-order valence-electron chi connectivity index (χ2n) is 9.03. The van der Waals surface area contributed by atoms with E-state index in [0.29, 0.717) is 19.6 Å². The van der Waals surface area contributed by atoms with Crippen LogP contribution in [0.3, 0.4) is 0 Å². The highest BCUT2D eigenvalue weighted by molar-refractivity contribution is 5.73. The van der Waals surface area contributed by atoms with Gasteiger partial charge in [0.2, 0.25) is 0 Å². The zero-order chi connectivity index (χ0) is 21.5. The van der Waals surface area contributed by atoms with Crippen LogP contribution < -0.4 is 0 Å². The van der Waals surface area contributed by atoms with E-state index >= 15 is 0 Å². The van der Waals surface area contributed by atoms with Crippen molar-refractivity contribution in [3.63, 3.8) is 0 Å². The van der Waals surface area contributed by atoms with Crippen molar-refractivity contribution in [1.29, 1.82) is 0 Å². The summed E-state index contributed by atoms with van der Waals surface area (Å²) in [6.07, 6.45) is -1.54. The Morgan fingerprint density at radius 3 is 2.33 bits per heavy atom. The van der Waals surface area contributed by atoms with Crippen LogP contribution in [0.15, 0.2) is 30.3 Å². The molecule has 3 saturated heterocycles. The van der Waals surface area contributed by atoms with Crippen molar-refractivity contribution < 1.29 is 33.2 Å². The minimum Gasteiger partial charge on any atom is -0.466 e. The number of fused-ring (bicyclic) bond motifs is 1. The number of carbonyl (C=O) groups excluding carboxylic acids is 1. The predicted octanol–water partition coefficient (Wildman–Crippen LogP) is 3.37.